The Bertz CT molecular complexity index is 1340. The number of rotatable bonds is 14. The lowest BCUT2D eigenvalue weighted by Crippen LogP contribution is -2.40. The van der Waals surface area contributed by atoms with Gasteiger partial charge in [-0.2, -0.15) is 0 Å². The molecule has 0 heterocycles. The molecule has 17 heteroatoms. The normalized spacial score (nSPS) is 12.1. The lowest BCUT2D eigenvalue weighted by molar-refractivity contribution is -0.388. The standard InChI is InChI=1S/C23H31N5O10S2/c1-23(2,3)38-22(29)26(16-8-14-24-39(34,35)20-12-6-4-10-18(20)27(30)31)17-9-15-25-40(36,37)21-13-7-5-11-19(21)28(32)33/h4-7,10-13,24-25H,8-9,14-17H2,1-3H3. The van der Waals surface area contributed by atoms with Crippen LogP contribution in [0.4, 0.5) is 16.2 Å². The number of carbonyl (C=O) groups excluding carboxylic acids is 1. The zero-order chi connectivity index (χ0) is 30.1. The number of carbonyl (C=O) groups is 1. The Hall–Kier alpha value is -3.67. The number of para-hydroxylation sites is 2. The van der Waals surface area contributed by atoms with Crippen LogP contribution in [-0.4, -0.2) is 69.5 Å². The lowest BCUT2D eigenvalue weighted by Gasteiger charge is -2.27. The highest BCUT2D eigenvalue weighted by molar-refractivity contribution is 7.90. The van der Waals surface area contributed by atoms with Gasteiger partial charge in [-0.1, -0.05) is 24.3 Å². The number of nitrogens with one attached hydrogen (secondary N) is 2. The molecule has 0 fully saturated rings. The van der Waals surface area contributed by atoms with Gasteiger partial charge in [0.2, 0.25) is 20.0 Å². The number of hydrogen-bond donors (Lipinski definition) is 2. The average molecular weight is 602 g/mol. The maximum absolute atomic E-state index is 12.7. The summed E-state index contributed by atoms with van der Waals surface area (Å²) in [6.07, 6.45) is -0.488. The molecule has 0 bridgehead atoms. The van der Waals surface area contributed by atoms with Gasteiger partial charge >= 0.3 is 6.09 Å². The summed E-state index contributed by atoms with van der Waals surface area (Å²) >= 11 is 0. The third-order valence-corrected chi connectivity index (χ3v) is 8.17. The summed E-state index contributed by atoms with van der Waals surface area (Å²) in [7, 11) is -8.41. The van der Waals surface area contributed by atoms with Crippen LogP contribution in [0.3, 0.4) is 0 Å². The molecular weight excluding hydrogens is 570 g/mol. The van der Waals surface area contributed by atoms with Crippen LogP contribution < -0.4 is 9.44 Å². The minimum absolute atomic E-state index is 0.0191. The van der Waals surface area contributed by atoms with Crippen LogP contribution in [0.2, 0.25) is 0 Å². The summed E-state index contributed by atoms with van der Waals surface area (Å²) in [6.45, 7) is 4.70. The third kappa shape index (κ3) is 9.51. The first kappa shape index (κ1) is 32.5. The second kappa shape index (κ2) is 13.6. The highest BCUT2D eigenvalue weighted by atomic mass is 32.2. The number of benzene rings is 2. The molecule has 0 saturated carbocycles. The zero-order valence-electron chi connectivity index (χ0n) is 22.1. The van der Waals surface area contributed by atoms with E-state index in [2.05, 4.69) is 9.44 Å². The summed E-state index contributed by atoms with van der Waals surface area (Å²) in [4.78, 5) is 33.7. The zero-order valence-corrected chi connectivity index (χ0v) is 23.7. The van der Waals surface area contributed by atoms with E-state index in [1.165, 1.54) is 29.2 Å². The highest BCUT2D eigenvalue weighted by Gasteiger charge is 2.27. The second-order valence-electron chi connectivity index (χ2n) is 9.42. The van der Waals surface area contributed by atoms with E-state index in [1.807, 2.05) is 0 Å². The van der Waals surface area contributed by atoms with Crippen molar-refractivity contribution in [3.8, 4) is 0 Å². The Kier molecular flexibility index (Phi) is 11.1. The van der Waals surface area contributed by atoms with E-state index in [0.29, 0.717) is 0 Å². The van der Waals surface area contributed by atoms with Crippen molar-refractivity contribution in [3.05, 3.63) is 68.8 Å². The predicted molar refractivity (Wildman–Crippen MR) is 144 cm³/mol. The highest BCUT2D eigenvalue weighted by Crippen LogP contribution is 2.23. The van der Waals surface area contributed by atoms with Gasteiger partial charge < -0.3 is 9.64 Å². The molecular formula is C23H31N5O10S2. The van der Waals surface area contributed by atoms with Crippen LogP contribution in [0.15, 0.2) is 58.3 Å². The fourth-order valence-corrected chi connectivity index (χ4v) is 5.89. The fraction of sp³-hybridized carbons (Fsp3) is 0.435. The van der Waals surface area contributed by atoms with E-state index in [0.717, 1.165) is 24.3 Å². The molecule has 1 amide bonds. The van der Waals surface area contributed by atoms with Crippen LogP contribution in [0.25, 0.3) is 0 Å². The molecule has 0 saturated heterocycles. The van der Waals surface area contributed by atoms with Gasteiger partial charge in [0.05, 0.1) is 9.85 Å². The van der Waals surface area contributed by atoms with Crippen LogP contribution in [0.1, 0.15) is 33.6 Å². The summed E-state index contributed by atoms with van der Waals surface area (Å²) in [5, 5.41) is 22.3. The number of sulfonamides is 2. The van der Waals surface area contributed by atoms with Crippen molar-refractivity contribution >= 4 is 37.5 Å². The molecule has 0 aliphatic rings. The maximum atomic E-state index is 12.7. The predicted octanol–water partition coefficient (Wildman–Crippen LogP) is 2.78. The fourth-order valence-electron chi connectivity index (χ4n) is 3.40. The average Bonchev–Trinajstić information content (AvgIpc) is 2.86. The topological polar surface area (TPSA) is 208 Å². The summed E-state index contributed by atoms with van der Waals surface area (Å²) < 4.78 is 60.3. The molecule has 0 aliphatic carbocycles. The van der Waals surface area contributed by atoms with Gasteiger partial charge in [-0.3, -0.25) is 20.2 Å². The first-order chi connectivity index (χ1) is 18.5. The van der Waals surface area contributed by atoms with Crippen molar-refractivity contribution in [2.45, 2.75) is 49.0 Å². The number of ether oxygens (including phenoxy) is 1. The smallest absolute Gasteiger partial charge is 0.410 e. The Labute approximate surface area is 231 Å². The Morgan fingerprint density at radius 1 is 0.800 bits per heavy atom. The van der Waals surface area contributed by atoms with E-state index >= 15 is 0 Å². The van der Waals surface area contributed by atoms with Crippen LogP contribution in [0.5, 0.6) is 0 Å². The monoisotopic (exact) mass is 601 g/mol. The molecule has 0 spiro atoms. The van der Waals surface area contributed by atoms with E-state index in [4.69, 9.17) is 4.74 Å². The van der Waals surface area contributed by atoms with Gasteiger partial charge in [0, 0.05) is 38.3 Å². The van der Waals surface area contributed by atoms with Crippen molar-refractivity contribution < 1.29 is 36.2 Å². The number of nitro benzene ring substituents is 2. The van der Waals surface area contributed by atoms with Gasteiger partial charge in [-0.25, -0.2) is 31.1 Å². The summed E-state index contributed by atoms with van der Waals surface area (Å²) in [6, 6.07) is 9.77. The molecule has 0 unspecified atom stereocenters. The molecule has 15 nitrogen and oxygen atoms in total. The van der Waals surface area contributed by atoms with Crippen molar-refractivity contribution in [2.75, 3.05) is 26.2 Å². The van der Waals surface area contributed by atoms with E-state index in [1.54, 1.807) is 20.8 Å². The number of hydrogen-bond acceptors (Lipinski definition) is 10. The van der Waals surface area contributed by atoms with E-state index < -0.39 is 62.8 Å². The van der Waals surface area contributed by atoms with Crippen molar-refractivity contribution in [2.24, 2.45) is 0 Å². The molecule has 0 aliphatic heterocycles. The van der Waals surface area contributed by atoms with Gasteiger partial charge in [0.1, 0.15) is 5.60 Å². The minimum Gasteiger partial charge on any atom is -0.444 e. The molecule has 2 aromatic carbocycles. The number of amides is 1. The van der Waals surface area contributed by atoms with Crippen molar-refractivity contribution in [1.82, 2.24) is 14.3 Å². The molecule has 2 aromatic rings. The number of nitrogens with zero attached hydrogens (tertiary/aromatic N) is 3. The molecule has 0 radical (unpaired) electrons. The first-order valence-corrected chi connectivity index (χ1v) is 15.0. The molecule has 40 heavy (non-hydrogen) atoms. The van der Waals surface area contributed by atoms with Gasteiger partial charge in [0.15, 0.2) is 9.79 Å². The summed E-state index contributed by atoms with van der Waals surface area (Å²) in [5.74, 6) is 0. The minimum atomic E-state index is -4.21. The van der Waals surface area contributed by atoms with Crippen LogP contribution in [0, 0.1) is 20.2 Å². The van der Waals surface area contributed by atoms with Crippen LogP contribution >= 0.6 is 0 Å². The second-order valence-corrected chi connectivity index (χ2v) is 12.9. The van der Waals surface area contributed by atoms with Crippen molar-refractivity contribution in [1.29, 1.82) is 0 Å². The third-order valence-electron chi connectivity index (χ3n) is 5.15. The van der Waals surface area contributed by atoms with Gasteiger partial charge in [-0.15, -0.1) is 0 Å². The summed E-state index contributed by atoms with van der Waals surface area (Å²) in [5.41, 5.74) is -1.99. The van der Waals surface area contributed by atoms with Gasteiger partial charge in [-0.05, 0) is 45.7 Å². The molecule has 0 atom stereocenters. The van der Waals surface area contributed by atoms with Crippen LogP contribution in [-0.2, 0) is 24.8 Å². The lowest BCUT2D eigenvalue weighted by atomic mass is 10.2. The molecule has 2 rings (SSSR count). The van der Waals surface area contributed by atoms with E-state index in [9.17, 15) is 41.9 Å². The largest absolute Gasteiger partial charge is 0.444 e. The first-order valence-electron chi connectivity index (χ1n) is 12.0. The molecule has 0 aromatic heterocycles. The number of nitro groups is 2. The SMILES string of the molecule is CC(C)(C)OC(=O)N(CCCNS(=O)(=O)c1ccccc1[N+](=O)[O-])CCCNS(=O)(=O)c1ccccc1[N+](=O)[O-]. The van der Waals surface area contributed by atoms with Gasteiger partial charge in [0.25, 0.3) is 11.4 Å². The van der Waals surface area contributed by atoms with E-state index in [-0.39, 0.29) is 39.0 Å². The Balaban J connectivity index is 2.01. The maximum Gasteiger partial charge on any atom is 0.410 e. The quantitative estimate of drug-likeness (QED) is 0.184. The molecule has 2 N–H and O–H groups in total. The van der Waals surface area contributed by atoms with Crippen molar-refractivity contribution in [3.63, 3.8) is 0 Å². The molecule has 220 valence electrons. The Morgan fingerprint density at radius 2 is 1.18 bits per heavy atom. The Morgan fingerprint density at radius 3 is 1.52 bits per heavy atom.